The standard InChI is InChI=1S/C16H22N2/c1-16(2)10-6-12-18(16)13-15-8-4-3-7-14(15)9-5-11-17/h3-4,7-8H,6,10-13,17H2,1-2H3. The van der Waals surface area contributed by atoms with Crippen LogP contribution in [0.3, 0.4) is 0 Å². The molecule has 96 valence electrons. The van der Waals surface area contributed by atoms with Gasteiger partial charge in [-0.05, 0) is 44.9 Å². The molecule has 1 aliphatic rings. The smallest absolute Gasteiger partial charge is 0.0555 e. The molecule has 2 heteroatoms. The number of nitrogens with two attached hydrogens (primary N) is 1. The van der Waals surface area contributed by atoms with Gasteiger partial charge in [0, 0.05) is 17.6 Å². The van der Waals surface area contributed by atoms with E-state index >= 15 is 0 Å². The van der Waals surface area contributed by atoms with Crippen molar-refractivity contribution in [2.24, 2.45) is 5.73 Å². The molecule has 0 spiro atoms. The van der Waals surface area contributed by atoms with Crippen LogP contribution in [0.2, 0.25) is 0 Å². The summed E-state index contributed by atoms with van der Waals surface area (Å²) in [6, 6.07) is 8.39. The molecule has 2 nitrogen and oxygen atoms in total. The van der Waals surface area contributed by atoms with Gasteiger partial charge in [0.2, 0.25) is 0 Å². The van der Waals surface area contributed by atoms with Crippen LogP contribution in [-0.2, 0) is 6.54 Å². The lowest BCUT2D eigenvalue weighted by Crippen LogP contribution is -2.37. The molecule has 2 rings (SSSR count). The van der Waals surface area contributed by atoms with Gasteiger partial charge in [-0.2, -0.15) is 0 Å². The monoisotopic (exact) mass is 242 g/mol. The molecule has 0 aliphatic carbocycles. The Bertz CT molecular complexity index is 465. The van der Waals surface area contributed by atoms with Gasteiger partial charge in [-0.1, -0.05) is 30.0 Å². The van der Waals surface area contributed by atoms with E-state index in [1.807, 2.05) is 6.07 Å². The fourth-order valence-electron chi connectivity index (χ4n) is 2.59. The van der Waals surface area contributed by atoms with E-state index in [-0.39, 0.29) is 0 Å². The van der Waals surface area contributed by atoms with Crippen molar-refractivity contribution in [1.82, 2.24) is 4.90 Å². The number of rotatable bonds is 2. The molecule has 0 amide bonds. The van der Waals surface area contributed by atoms with E-state index in [1.54, 1.807) is 0 Å². The molecule has 1 fully saturated rings. The summed E-state index contributed by atoms with van der Waals surface area (Å²) in [4.78, 5) is 2.55. The highest BCUT2D eigenvalue weighted by molar-refractivity contribution is 5.41. The Hall–Kier alpha value is -1.30. The number of nitrogens with zero attached hydrogens (tertiary/aromatic N) is 1. The second kappa shape index (κ2) is 5.56. The van der Waals surface area contributed by atoms with Crippen LogP contribution in [0.4, 0.5) is 0 Å². The maximum Gasteiger partial charge on any atom is 0.0555 e. The minimum absolute atomic E-state index is 0.314. The first-order valence-electron chi connectivity index (χ1n) is 6.65. The summed E-state index contributed by atoms with van der Waals surface area (Å²) >= 11 is 0. The Kier molecular flexibility index (Phi) is 4.06. The molecular weight excluding hydrogens is 220 g/mol. The zero-order valence-corrected chi connectivity index (χ0v) is 11.4. The molecular formula is C16H22N2. The second-order valence-electron chi connectivity index (χ2n) is 5.50. The van der Waals surface area contributed by atoms with Gasteiger partial charge in [0.05, 0.1) is 6.54 Å². The van der Waals surface area contributed by atoms with Gasteiger partial charge in [0.25, 0.3) is 0 Å². The van der Waals surface area contributed by atoms with Gasteiger partial charge < -0.3 is 5.73 Å². The summed E-state index contributed by atoms with van der Waals surface area (Å²) in [5.41, 5.74) is 8.19. The molecule has 0 unspecified atom stereocenters. The van der Waals surface area contributed by atoms with E-state index in [1.165, 1.54) is 24.9 Å². The minimum Gasteiger partial charge on any atom is -0.320 e. The van der Waals surface area contributed by atoms with Crippen LogP contribution in [-0.4, -0.2) is 23.5 Å². The highest BCUT2D eigenvalue weighted by Gasteiger charge is 2.31. The largest absolute Gasteiger partial charge is 0.320 e. The molecule has 18 heavy (non-hydrogen) atoms. The third-order valence-electron chi connectivity index (χ3n) is 3.78. The lowest BCUT2D eigenvalue weighted by molar-refractivity contribution is 0.166. The van der Waals surface area contributed by atoms with Crippen molar-refractivity contribution in [1.29, 1.82) is 0 Å². The summed E-state index contributed by atoms with van der Waals surface area (Å²) in [5.74, 6) is 6.12. The van der Waals surface area contributed by atoms with E-state index in [9.17, 15) is 0 Å². The molecule has 1 aliphatic heterocycles. The first-order valence-corrected chi connectivity index (χ1v) is 6.65. The average Bonchev–Trinajstić information content (AvgIpc) is 2.68. The highest BCUT2D eigenvalue weighted by Crippen LogP contribution is 2.30. The van der Waals surface area contributed by atoms with Crippen LogP contribution >= 0.6 is 0 Å². The summed E-state index contributed by atoms with van der Waals surface area (Å²) in [5, 5.41) is 0. The van der Waals surface area contributed by atoms with E-state index < -0.39 is 0 Å². The van der Waals surface area contributed by atoms with Crippen LogP contribution in [0.25, 0.3) is 0 Å². The van der Waals surface area contributed by atoms with E-state index in [2.05, 4.69) is 48.8 Å². The summed E-state index contributed by atoms with van der Waals surface area (Å²) in [7, 11) is 0. The van der Waals surface area contributed by atoms with Crippen molar-refractivity contribution in [2.45, 2.75) is 38.8 Å². The Morgan fingerprint density at radius 3 is 2.78 bits per heavy atom. The van der Waals surface area contributed by atoms with E-state index in [0.717, 1.165) is 12.1 Å². The third kappa shape index (κ3) is 2.93. The normalized spacial score (nSPS) is 18.4. The predicted molar refractivity (Wildman–Crippen MR) is 76.1 cm³/mol. The van der Waals surface area contributed by atoms with Crippen molar-refractivity contribution in [3.05, 3.63) is 35.4 Å². The fourth-order valence-corrected chi connectivity index (χ4v) is 2.59. The van der Waals surface area contributed by atoms with E-state index in [0.29, 0.717) is 12.1 Å². The molecule has 1 saturated heterocycles. The van der Waals surface area contributed by atoms with Crippen LogP contribution < -0.4 is 5.73 Å². The van der Waals surface area contributed by atoms with Crippen molar-refractivity contribution >= 4 is 0 Å². The summed E-state index contributed by atoms with van der Waals surface area (Å²) in [6.45, 7) is 7.25. The summed E-state index contributed by atoms with van der Waals surface area (Å²) in [6.07, 6.45) is 2.58. The van der Waals surface area contributed by atoms with E-state index in [4.69, 9.17) is 5.73 Å². The molecule has 1 heterocycles. The summed E-state index contributed by atoms with van der Waals surface area (Å²) < 4.78 is 0. The van der Waals surface area contributed by atoms with Crippen LogP contribution in [0, 0.1) is 11.8 Å². The maximum absolute atomic E-state index is 5.45. The van der Waals surface area contributed by atoms with Gasteiger partial charge in [0.15, 0.2) is 0 Å². The van der Waals surface area contributed by atoms with Gasteiger partial charge >= 0.3 is 0 Å². The van der Waals surface area contributed by atoms with Gasteiger partial charge in [0.1, 0.15) is 0 Å². The molecule has 1 aromatic carbocycles. The number of hydrogen-bond acceptors (Lipinski definition) is 2. The molecule has 0 saturated carbocycles. The lowest BCUT2D eigenvalue weighted by atomic mass is 10.0. The molecule has 0 radical (unpaired) electrons. The van der Waals surface area contributed by atoms with Crippen molar-refractivity contribution < 1.29 is 0 Å². The van der Waals surface area contributed by atoms with Crippen molar-refractivity contribution in [2.75, 3.05) is 13.1 Å². The highest BCUT2D eigenvalue weighted by atomic mass is 15.2. The van der Waals surface area contributed by atoms with Crippen molar-refractivity contribution in [3.63, 3.8) is 0 Å². The van der Waals surface area contributed by atoms with Crippen LogP contribution in [0.5, 0.6) is 0 Å². The Morgan fingerprint density at radius 2 is 2.11 bits per heavy atom. The minimum atomic E-state index is 0.314. The van der Waals surface area contributed by atoms with Gasteiger partial charge in [-0.3, -0.25) is 4.90 Å². The zero-order chi connectivity index (χ0) is 13.0. The Balaban J connectivity index is 2.19. The number of likely N-dealkylation sites (tertiary alicyclic amines) is 1. The predicted octanol–water partition coefficient (Wildman–Crippen LogP) is 2.37. The molecule has 2 N–H and O–H groups in total. The zero-order valence-electron chi connectivity index (χ0n) is 11.4. The molecule has 0 aromatic heterocycles. The lowest BCUT2D eigenvalue weighted by Gasteiger charge is -2.31. The van der Waals surface area contributed by atoms with Gasteiger partial charge in [-0.15, -0.1) is 0 Å². The van der Waals surface area contributed by atoms with Crippen molar-refractivity contribution in [3.8, 4) is 11.8 Å². The number of benzene rings is 1. The first-order chi connectivity index (χ1) is 8.63. The number of hydrogen-bond donors (Lipinski definition) is 1. The van der Waals surface area contributed by atoms with Gasteiger partial charge in [-0.25, -0.2) is 0 Å². The quantitative estimate of drug-likeness (QED) is 0.807. The first kappa shape index (κ1) is 13.1. The fraction of sp³-hybridized carbons (Fsp3) is 0.500. The maximum atomic E-state index is 5.45. The molecule has 1 aromatic rings. The average molecular weight is 242 g/mol. The molecule has 0 atom stereocenters. The topological polar surface area (TPSA) is 29.3 Å². The molecule has 0 bridgehead atoms. The second-order valence-corrected chi connectivity index (χ2v) is 5.50. The Labute approximate surface area is 110 Å². The van der Waals surface area contributed by atoms with Crippen LogP contribution in [0.15, 0.2) is 24.3 Å². The van der Waals surface area contributed by atoms with Crippen LogP contribution in [0.1, 0.15) is 37.8 Å². The third-order valence-corrected chi connectivity index (χ3v) is 3.78. The Morgan fingerprint density at radius 1 is 1.33 bits per heavy atom. The SMILES string of the molecule is CC1(C)CCCN1Cc1ccccc1C#CCN.